The van der Waals surface area contributed by atoms with E-state index in [4.69, 9.17) is 17.3 Å². The summed E-state index contributed by atoms with van der Waals surface area (Å²) in [5.41, 5.74) is 0. The Labute approximate surface area is 77.4 Å². The monoisotopic (exact) mass is 187 g/mol. The summed E-state index contributed by atoms with van der Waals surface area (Å²) < 4.78 is 0. The summed E-state index contributed by atoms with van der Waals surface area (Å²) in [4.78, 5) is 13.3. The third-order valence-electron chi connectivity index (χ3n) is 2.16. The number of hydrogen-bond acceptors (Lipinski definition) is 2. The lowest BCUT2D eigenvalue weighted by molar-refractivity contribution is -0.140. The van der Waals surface area contributed by atoms with Gasteiger partial charge in [0.1, 0.15) is 6.04 Å². The first-order valence-electron chi connectivity index (χ1n) is 4.19. The summed E-state index contributed by atoms with van der Waals surface area (Å²) in [5, 5.41) is 8.83. The molecule has 4 heteroatoms. The van der Waals surface area contributed by atoms with Crippen molar-refractivity contribution in [2.24, 2.45) is 0 Å². The highest BCUT2D eigenvalue weighted by Crippen LogP contribution is 2.18. The maximum Gasteiger partial charge on any atom is 0.326 e. The van der Waals surface area contributed by atoms with Crippen LogP contribution in [0.3, 0.4) is 0 Å². The second-order valence-corrected chi connectivity index (χ2v) is 3.41. The molecule has 3 nitrogen and oxygen atoms in total. The van der Waals surface area contributed by atoms with Gasteiger partial charge in [0.05, 0.1) is 4.99 Å². The Bertz CT molecular complexity index is 205. The zero-order chi connectivity index (χ0) is 9.14. The molecule has 0 aromatic heterocycles. The van der Waals surface area contributed by atoms with Crippen molar-refractivity contribution in [3.05, 3.63) is 0 Å². The van der Waals surface area contributed by atoms with E-state index in [1.807, 2.05) is 11.8 Å². The molecule has 1 heterocycles. The second-order valence-electron chi connectivity index (χ2n) is 2.94. The molecule has 0 unspecified atom stereocenters. The Morgan fingerprint density at radius 3 is 2.92 bits per heavy atom. The standard InChI is InChI=1S/C8H13NO2S/c1-2-7(12)9-5-3-4-6(9)8(10)11/h6H,2-5H2,1H3,(H,10,11)/t6-/m1/s1. The van der Waals surface area contributed by atoms with Crippen molar-refractivity contribution in [1.82, 2.24) is 4.90 Å². The van der Waals surface area contributed by atoms with E-state index in [9.17, 15) is 4.79 Å². The maximum absolute atomic E-state index is 10.7. The molecule has 0 aliphatic carbocycles. The van der Waals surface area contributed by atoms with Crippen LogP contribution < -0.4 is 0 Å². The fourth-order valence-electron chi connectivity index (χ4n) is 1.53. The van der Waals surface area contributed by atoms with Crippen LogP contribution in [-0.4, -0.2) is 33.6 Å². The van der Waals surface area contributed by atoms with E-state index in [0.717, 1.165) is 30.8 Å². The summed E-state index contributed by atoms with van der Waals surface area (Å²) in [6, 6.07) is -0.363. The molecule has 1 N–H and O–H groups in total. The van der Waals surface area contributed by atoms with Gasteiger partial charge in [0.25, 0.3) is 0 Å². The number of rotatable bonds is 2. The van der Waals surface area contributed by atoms with Crippen molar-refractivity contribution in [1.29, 1.82) is 0 Å². The minimum absolute atomic E-state index is 0.363. The number of carboxylic acid groups (broad SMARTS) is 1. The molecule has 1 saturated heterocycles. The average Bonchev–Trinajstić information content (AvgIpc) is 2.50. The predicted molar refractivity (Wildman–Crippen MR) is 50.3 cm³/mol. The van der Waals surface area contributed by atoms with Gasteiger partial charge in [-0.3, -0.25) is 0 Å². The number of hydrogen-bond donors (Lipinski definition) is 1. The number of thiocarbonyl (C=S) groups is 1. The summed E-state index contributed by atoms with van der Waals surface area (Å²) in [6.07, 6.45) is 2.44. The van der Waals surface area contributed by atoms with E-state index < -0.39 is 5.97 Å². The first-order valence-corrected chi connectivity index (χ1v) is 4.60. The molecule has 0 amide bonds. The normalized spacial score (nSPS) is 22.8. The summed E-state index contributed by atoms with van der Waals surface area (Å²) >= 11 is 5.07. The Morgan fingerprint density at radius 2 is 2.42 bits per heavy atom. The minimum Gasteiger partial charge on any atom is -0.480 e. The van der Waals surface area contributed by atoms with Crippen LogP contribution >= 0.6 is 12.2 Å². The van der Waals surface area contributed by atoms with E-state index in [-0.39, 0.29) is 6.04 Å². The maximum atomic E-state index is 10.7. The average molecular weight is 187 g/mol. The molecular formula is C8H13NO2S. The first-order chi connectivity index (χ1) is 5.66. The lowest BCUT2D eigenvalue weighted by Crippen LogP contribution is -2.39. The summed E-state index contributed by atoms with van der Waals surface area (Å²) in [7, 11) is 0. The highest BCUT2D eigenvalue weighted by Gasteiger charge is 2.31. The van der Waals surface area contributed by atoms with Crippen LogP contribution in [0.1, 0.15) is 26.2 Å². The van der Waals surface area contributed by atoms with Crippen LogP contribution in [0.5, 0.6) is 0 Å². The van der Waals surface area contributed by atoms with Crippen LogP contribution in [0, 0.1) is 0 Å². The molecule has 12 heavy (non-hydrogen) atoms. The van der Waals surface area contributed by atoms with Gasteiger partial charge < -0.3 is 10.0 Å². The van der Waals surface area contributed by atoms with E-state index in [1.54, 1.807) is 0 Å². The molecule has 0 aromatic rings. The summed E-state index contributed by atoms with van der Waals surface area (Å²) in [5.74, 6) is -0.747. The van der Waals surface area contributed by atoms with Gasteiger partial charge in [-0.1, -0.05) is 19.1 Å². The van der Waals surface area contributed by atoms with E-state index in [2.05, 4.69) is 0 Å². The number of nitrogens with zero attached hydrogens (tertiary/aromatic N) is 1. The summed E-state index contributed by atoms with van der Waals surface area (Å²) in [6.45, 7) is 2.77. The van der Waals surface area contributed by atoms with Crippen molar-refractivity contribution < 1.29 is 9.90 Å². The fourth-order valence-corrected chi connectivity index (χ4v) is 1.74. The Morgan fingerprint density at radius 1 is 1.75 bits per heavy atom. The largest absolute Gasteiger partial charge is 0.480 e. The Kier molecular flexibility index (Phi) is 3.03. The SMILES string of the molecule is CCC(=S)N1CCC[C@@H]1C(=O)O. The zero-order valence-electron chi connectivity index (χ0n) is 7.12. The molecule has 0 bridgehead atoms. The van der Waals surface area contributed by atoms with Gasteiger partial charge in [-0.2, -0.15) is 0 Å². The fraction of sp³-hybridized carbons (Fsp3) is 0.750. The first kappa shape index (κ1) is 9.45. The van der Waals surface area contributed by atoms with Crippen LogP contribution in [0.2, 0.25) is 0 Å². The number of carboxylic acids is 1. The molecule has 1 fully saturated rings. The molecule has 1 aliphatic rings. The number of aliphatic carboxylic acids is 1. The molecule has 0 radical (unpaired) electrons. The van der Waals surface area contributed by atoms with Crippen molar-refractivity contribution in [3.8, 4) is 0 Å². The van der Waals surface area contributed by atoms with Crippen molar-refractivity contribution >= 4 is 23.2 Å². The predicted octanol–water partition coefficient (Wildman–Crippen LogP) is 1.27. The number of likely N-dealkylation sites (tertiary alicyclic amines) is 1. The lowest BCUT2D eigenvalue weighted by Gasteiger charge is -2.23. The molecule has 1 rings (SSSR count). The molecular weight excluding hydrogens is 174 g/mol. The Hall–Kier alpha value is -0.640. The van der Waals surface area contributed by atoms with Crippen LogP contribution in [0.4, 0.5) is 0 Å². The molecule has 1 atom stereocenters. The highest BCUT2D eigenvalue weighted by molar-refractivity contribution is 7.80. The smallest absolute Gasteiger partial charge is 0.326 e. The van der Waals surface area contributed by atoms with Gasteiger partial charge in [0.2, 0.25) is 0 Å². The van der Waals surface area contributed by atoms with Gasteiger partial charge in [-0.25, -0.2) is 4.79 Å². The Balaban J connectivity index is 2.63. The zero-order valence-corrected chi connectivity index (χ0v) is 7.93. The second kappa shape index (κ2) is 3.85. The molecule has 0 spiro atoms. The third-order valence-corrected chi connectivity index (χ3v) is 2.68. The van der Waals surface area contributed by atoms with Gasteiger partial charge in [0.15, 0.2) is 0 Å². The van der Waals surface area contributed by atoms with Gasteiger partial charge >= 0.3 is 5.97 Å². The molecule has 0 aromatic carbocycles. The number of carbonyl (C=O) groups is 1. The van der Waals surface area contributed by atoms with Gasteiger partial charge in [-0.15, -0.1) is 0 Å². The molecule has 0 saturated carbocycles. The molecule has 1 aliphatic heterocycles. The minimum atomic E-state index is -0.747. The van der Waals surface area contributed by atoms with Gasteiger partial charge in [-0.05, 0) is 19.3 Å². The lowest BCUT2D eigenvalue weighted by atomic mass is 10.2. The van der Waals surface area contributed by atoms with Crippen LogP contribution in [0.15, 0.2) is 0 Å². The van der Waals surface area contributed by atoms with Gasteiger partial charge in [0, 0.05) is 6.54 Å². The van der Waals surface area contributed by atoms with Crippen molar-refractivity contribution in [3.63, 3.8) is 0 Å². The topological polar surface area (TPSA) is 40.5 Å². The van der Waals surface area contributed by atoms with Crippen molar-refractivity contribution in [2.45, 2.75) is 32.2 Å². The molecule has 68 valence electrons. The van der Waals surface area contributed by atoms with Crippen LogP contribution in [0.25, 0.3) is 0 Å². The van der Waals surface area contributed by atoms with E-state index in [1.165, 1.54) is 0 Å². The third kappa shape index (κ3) is 1.75. The highest BCUT2D eigenvalue weighted by atomic mass is 32.1. The quantitative estimate of drug-likeness (QED) is 0.661. The van der Waals surface area contributed by atoms with E-state index in [0.29, 0.717) is 0 Å². The van der Waals surface area contributed by atoms with Crippen molar-refractivity contribution in [2.75, 3.05) is 6.54 Å². The van der Waals surface area contributed by atoms with Crippen LogP contribution in [-0.2, 0) is 4.79 Å². The van der Waals surface area contributed by atoms with E-state index >= 15 is 0 Å².